The second-order valence-corrected chi connectivity index (χ2v) is 8.30. The third-order valence-electron chi connectivity index (χ3n) is 7.66. The van der Waals surface area contributed by atoms with E-state index in [-0.39, 0.29) is 0 Å². The van der Waals surface area contributed by atoms with Gasteiger partial charge in [-0.1, -0.05) is 32.6 Å². The van der Waals surface area contributed by atoms with Gasteiger partial charge in [0.1, 0.15) is 0 Å². The zero-order valence-corrected chi connectivity index (χ0v) is 12.2. The monoisotopic (exact) mass is 246 g/mol. The van der Waals surface area contributed by atoms with Crippen molar-refractivity contribution in [3.05, 3.63) is 0 Å². The Hall–Kier alpha value is 0. The van der Waals surface area contributed by atoms with Crippen molar-refractivity contribution in [2.24, 2.45) is 35.0 Å². The van der Waals surface area contributed by atoms with Crippen LogP contribution in [0.1, 0.15) is 77.6 Å². The average molecular weight is 246 g/mol. The highest BCUT2D eigenvalue weighted by atomic mass is 14.6. The van der Waals surface area contributed by atoms with Gasteiger partial charge in [-0.15, -0.1) is 0 Å². The maximum absolute atomic E-state index is 2.63. The Bertz CT molecular complexity index is 320. The lowest BCUT2D eigenvalue weighted by Gasteiger charge is -2.54. The van der Waals surface area contributed by atoms with Gasteiger partial charge in [0.05, 0.1) is 0 Å². The maximum atomic E-state index is 2.63. The van der Waals surface area contributed by atoms with Crippen molar-refractivity contribution in [2.75, 3.05) is 0 Å². The molecule has 0 N–H and O–H groups in total. The van der Waals surface area contributed by atoms with Crippen LogP contribution in [0.25, 0.3) is 0 Å². The van der Waals surface area contributed by atoms with Crippen molar-refractivity contribution >= 4 is 0 Å². The fourth-order valence-corrected chi connectivity index (χ4v) is 6.82. The molecule has 18 heavy (non-hydrogen) atoms. The van der Waals surface area contributed by atoms with E-state index in [4.69, 9.17) is 0 Å². The molecule has 6 atom stereocenters. The van der Waals surface area contributed by atoms with Crippen LogP contribution in [0.15, 0.2) is 0 Å². The average Bonchev–Trinajstić information content (AvgIpc) is 2.80. The lowest BCUT2D eigenvalue weighted by atomic mass is 9.51. The fraction of sp³-hybridized carbons (Fsp3) is 1.00. The van der Waals surface area contributed by atoms with E-state index in [9.17, 15) is 0 Å². The van der Waals surface area contributed by atoms with Crippen molar-refractivity contribution in [2.45, 2.75) is 77.6 Å². The predicted molar refractivity (Wildman–Crippen MR) is 76.3 cm³/mol. The normalized spacial score (nSPS) is 55.5. The molecule has 0 heterocycles. The van der Waals surface area contributed by atoms with E-state index in [1.165, 1.54) is 0 Å². The van der Waals surface area contributed by atoms with E-state index < -0.39 is 0 Å². The van der Waals surface area contributed by atoms with Gasteiger partial charge in [-0.3, -0.25) is 0 Å². The van der Waals surface area contributed by atoms with Gasteiger partial charge >= 0.3 is 0 Å². The molecule has 0 amide bonds. The van der Waals surface area contributed by atoms with Gasteiger partial charge in [0.15, 0.2) is 0 Å². The zero-order chi connectivity index (χ0) is 12.2. The van der Waals surface area contributed by atoms with Crippen LogP contribution in [0.2, 0.25) is 0 Å². The first-order valence-electron chi connectivity index (χ1n) is 8.78. The second-order valence-electron chi connectivity index (χ2n) is 8.30. The van der Waals surface area contributed by atoms with Crippen LogP contribution in [0.5, 0.6) is 0 Å². The molecule has 102 valence electrons. The maximum Gasteiger partial charge on any atom is -0.0295 e. The molecule has 4 aliphatic rings. The molecule has 4 fully saturated rings. The fourth-order valence-electron chi connectivity index (χ4n) is 6.82. The summed E-state index contributed by atoms with van der Waals surface area (Å²) in [5.74, 6) is 5.72. The summed E-state index contributed by atoms with van der Waals surface area (Å²) in [4.78, 5) is 0. The minimum atomic E-state index is 0.767. The molecule has 0 radical (unpaired) electrons. The highest BCUT2D eigenvalue weighted by Crippen LogP contribution is 2.62. The molecule has 4 rings (SSSR count). The second kappa shape index (κ2) is 4.25. The third-order valence-corrected chi connectivity index (χ3v) is 7.66. The van der Waals surface area contributed by atoms with Gasteiger partial charge < -0.3 is 0 Å². The molecule has 0 nitrogen and oxygen atoms in total. The predicted octanol–water partition coefficient (Wildman–Crippen LogP) is 5.42. The summed E-state index contributed by atoms with van der Waals surface area (Å²) >= 11 is 0. The lowest BCUT2D eigenvalue weighted by molar-refractivity contribution is -0.0492. The SMILES string of the molecule is C[C@@]12CCC[C@H]1C1CCC3CCCCC3C1CC2. The highest BCUT2D eigenvalue weighted by Gasteiger charge is 2.52. The van der Waals surface area contributed by atoms with E-state index in [1.54, 1.807) is 70.6 Å². The van der Waals surface area contributed by atoms with Crippen LogP contribution < -0.4 is 0 Å². The molecule has 0 aromatic carbocycles. The molecule has 0 saturated heterocycles. The minimum Gasteiger partial charge on any atom is -0.0594 e. The Morgan fingerprint density at radius 3 is 2.50 bits per heavy atom. The first kappa shape index (κ1) is 11.8. The van der Waals surface area contributed by atoms with Crippen LogP contribution >= 0.6 is 0 Å². The van der Waals surface area contributed by atoms with Gasteiger partial charge in [0, 0.05) is 0 Å². The molecule has 0 spiro atoms. The quantitative estimate of drug-likeness (QED) is 0.535. The van der Waals surface area contributed by atoms with Gasteiger partial charge in [0.25, 0.3) is 0 Å². The summed E-state index contributed by atoms with van der Waals surface area (Å²) in [5.41, 5.74) is 0.767. The smallest absolute Gasteiger partial charge is 0.0295 e. The van der Waals surface area contributed by atoms with Crippen molar-refractivity contribution in [3.63, 3.8) is 0 Å². The standard InChI is InChI=1S/C18H30/c1-18-11-4-7-17(18)16-9-8-13-5-2-3-6-14(13)15(16)10-12-18/h13-17H,2-12H2,1H3/t13?,14?,15?,16?,17-,18-/m0/s1. The number of fused-ring (bicyclic) bond motifs is 5. The van der Waals surface area contributed by atoms with Gasteiger partial charge in [-0.2, -0.15) is 0 Å². The van der Waals surface area contributed by atoms with Gasteiger partial charge in [-0.05, 0) is 80.0 Å². The Kier molecular flexibility index (Phi) is 2.79. The lowest BCUT2D eigenvalue weighted by Crippen LogP contribution is -2.46. The van der Waals surface area contributed by atoms with Crippen molar-refractivity contribution in [1.82, 2.24) is 0 Å². The van der Waals surface area contributed by atoms with Crippen LogP contribution in [0, 0.1) is 35.0 Å². The molecule has 0 heteroatoms. The van der Waals surface area contributed by atoms with Crippen molar-refractivity contribution < 1.29 is 0 Å². The van der Waals surface area contributed by atoms with Gasteiger partial charge in [-0.25, -0.2) is 0 Å². The van der Waals surface area contributed by atoms with Crippen LogP contribution in [0.4, 0.5) is 0 Å². The van der Waals surface area contributed by atoms with E-state index in [0.29, 0.717) is 0 Å². The minimum absolute atomic E-state index is 0.767. The van der Waals surface area contributed by atoms with E-state index in [2.05, 4.69) is 6.92 Å². The first-order valence-corrected chi connectivity index (χ1v) is 8.78. The van der Waals surface area contributed by atoms with Crippen LogP contribution in [-0.4, -0.2) is 0 Å². The number of hydrogen-bond donors (Lipinski definition) is 0. The molecule has 4 unspecified atom stereocenters. The molecule has 0 aliphatic heterocycles. The summed E-state index contributed by atoms with van der Waals surface area (Å²) in [5, 5.41) is 0. The Balaban J connectivity index is 1.59. The number of hydrogen-bond acceptors (Lipinski definition) is 0. The zero-order valence-electron chi connectivity index (χ0n) is 12.2. The Morgan fingerprint density at radius 2 is 1.56 bits per heavy atom. The van der Waals surface area contributed by atoms with E-state index in [0.717, 1.165) is 35.0 Å². The van der Waals surface area contributed by atoms with Crippen LogP contribution in [-0.2, 0) is 0 Å². The highest BCUT2D eigenvalue weighted by molar-refractivity contribution is 5.02. The summed E-state index contributed by atoms with van der Waals surface area (Å²) in [6, 6.07) is 0. The molecule has 4 aliphatic carbocycles. The largest absolute Gasteiger partial charge is 0.0594 e. The summed E-state index contributed by atoms with van der Waals surface area (Å²) in [6.07, 6.45) is 17.3. The first-order chi connectivity index (χ1) is 8.78. The summed E-state index contributed by atoms with van der Waals surface area (Å²) < 4.78 is 0. The van der Waals surface area contributed by atoms with E-state index in [1.807, 2.05) is 0 Å². The molecular weight excluding hydrogens is 216 g/mol. The Labute approximate surface area is 113 Å². The third kappa shape index (κ3) is 1.63. The van der Waals surface area contributed by atoms with Gasteiger partial charge in [0.2, 0.25) is 0 Å². The molecule has 4 saturated carbocycles. The molecule has 0 aromatic heterocycles. The van der Waals surface area contributed by atoms with Crippen molar-refractivity contribution in [1.29, 1.82) is 0 Å². The summed E-state index contributed by atoms with van der Waals surface area (Å²) in [6.45, 7) is 2.63. The van der Waals surface area contributed by atoms with Crippen molar-refractivity contribution in [3.8, 4) is 0 Å². The van der Waals surface area contributed by atoms with Crippen LogP contribution in [0.3, 0.4) is 0 Å². The molecule has 0 aromatic rings. The van der Waals surface area contributed by atoms with E-state index >= 15 is 0 Å². The Morgan fingerprint density at radius 1 is 0.667 bits per heavy atom. The summed E-state index contributed by atoms with van der Waals surface area (Å²) in [7, 11) is 0. The molecule has 0 bridgehead atoms. The topological polar surface area (TPSA) is 0 Å². The molecular formula is C18H30. The number of rotatable bonds is 0.